The average Bonchev–Trinajstić information content (AvgIpc) is 3.04. The summed E-state index contributed by atoms with van der Waals surface area (Å²) in [7, 11) is 1.80. The van der Waals surface area contributed by atoms with Crippen molar-refractivity contribution in [3.63, 3.8) is 0 Å². The molecule has 0 radical (unpaired) electrons. The fraction of sp³-hybridized carbons (Fsp3) is 0.850. The standard InChI is InChI=1S/C20H37N7O/c1-17-9-3-5-13-25(17)14-7-11-22-19(21-2)23-12-8-16-27-20(28)26-15-6-4-10-18(26)24-27/h17H,3-16H2,1-2H3,(H2,21,22,23). The summed E-state index contributed by atoms with van der Waals surface area (Å²) in [5, 5.41) is 11.2. The lowest BCUT2D eigenvalue weighted by molar-refractivity contribution is 0.159. The summed E-state index contributed by atoms with van der Waals surface area (Å²) >= 11 is 0. The van der Waals surface area contributed by atoms with E-state index >= 15 is 0 Å². The lowest BCUT2D eigenvalue weighted by Gasteiger charge is -2.33. The number of aryl methyl sites for hydroxylation is 2. The van der Waals surface area contributed by atoms with E-state index in [0.717, 1.165) is 76.1 Å². The first kappa shape index (κ1) is 20.9. The molecule has 1 unspecified atom stereocenters. The topological polar surface area (TPSA) is 79.5 Å². The van der Waals surface area contributed by atoms with Crippen molar-refractivity contribution in [3.8, 4) is 0 Å². The molecule has 28 heavy (non-hydrogen) atoms. The lowest BCUT2D eigenvalue weighted by Crippen LogP contribution is -2.41. The summed E-state index contributed by atoms with van der Waals surface area (Å²) in [5.41, 5.74) is 0.0455. The molecule has 1 saturated heterocycles. The van der Waals surface area contributed by atoms with Crippen LogP contribution >= 0.6 is 0 Å². The third-order valence-corrected chi connectivity index (χ3v) is 5.95. The van der Waals surface area contributed by atoms with Crippen molar-refractivity contribution in [2.24, 2.45) is 4.99 Å². The summed E-state index contributed by atoms with van der Waals surface area (Å²) in [6, 6.07) is 0.725. The quantitative estimate of drug-likeness (QED) is 0.395. The predicted molar refractivity (Wildman–Crippen MR) is 113 cm³/mol. The van der Waals surface area contributed by atoms with E-state index in [1.165, 1.54) is 25.8 Å². The first-order valence-corrected chi connectivity index (χ1v) is 11.0. The number of piperidine rings is 1. The zero-order valence-corrected chi connectivity index (χ0v) is 17.6. The number of rotatable bonds is 8. The van der Waals surface area contributed by atoms with E-state index in [-0.39, 0.29) is 5.69 Å². The van der Waals surface area contributed by atoms with Gasteiger partial charge in [0.15, 0.2) is 5.96 Å². The van der Waals surface area contributed by atoms with Gasteiger partial charge in [-0.3, -0.25) is 9.56 Å². The van der Waals surface area contributed by atoms with Crippen molar-refractivity contribution in [2.75, 3.05) is 33.2 Å². The summed E-state index contributed by atoms with van der Waals surface area (Å²) in [6.07, 6.45) is 9.16. The predicted octanol–water partition coefficient (Wildman–Crippen LogP) is 1.20. The first-order chi connectivity index (χ1) is 13.7. The molecule has 2 aliphatic rings. The van der Waals surface area contributed by atoms with Crippen LogP contribution in [0.5, 0.6) is 0 Å². The first-order valence-electron chi connectivity index (χ1n) is 11.0. The molecule has 3 heterocycles. The molecule has 8 heteroatoms. The van der Waals surface area contributed by atoms with Crippen LogP contribution in [0.25, 0.3) is 0 Å². The molecular formula is C20H37N7O. The highest BCUT2D eigenvalue weighted by Gasteiger charge is 2.17. The monoisotopic (exact) mass is 391 g/mol. The van der Waals surface area contributed by atoms with Crippen LogP contribution in [0.3, 0.4) is 0 Å². The second kappa shape index (κ2) is 10.6. The van der Waals surface area contributed by atoms with Crippen molar-refractivity contribution >= 4 is 5.96 Å². The molecule has 0 bridgehead atoms. The van der Waals surface area contributed by atoms with Gasteiger partial charge in [-0.25, -0.2) is 9.48 Å². The minimum absolute atomic E-state index is 0.0455. The molecule has 0 aliphatic carbocycles. The van der Waals surface area contributed by atoms with E-state index in [1.54, 1.807) is 11.7 Å². The molecule has 8 nitrogen and oxygen atoms in total. The minimum Gasteiger partial charge on any atom is -0.356 e. The Morgan fingerprint density at radius 3 is 2.57 bits per heavy atom. The number of fused-ring (bicyclic) bond motifs is 1. The zero-order chi connectivity index (χ0) is 19.8. The second-order valence-electron chi connectivity index (χ2n) is 8.04. The number of hydrogen-bond donors (Lipinski definition) is 2. The smallest absolute Gasteiger partial charge is 0.345 e. The number of hydrogen-bond acceptors (Lipinski definition) is 4. The highest BCUT2D eigenvalue weighted by atomic mass is 16.2. The van der Waals surface area contributed by atoms with Gasteiger partial charge in [0.2, 0.25) is 0 Å². The van der Waals surface area contributed by atoms with Gasteiger partial charge in [0, 0.05) is 52.2 Å². The fourth-order valence-corrected chi connectivity index (χ4v) is 4.23. The van der Waals surface area contributed by atoms with Gasteiger partial charge in [-0.1, -0.05) is 6.42 Å². The van der Waals surface area contributed by atoms with E-state index in [9.17, 15) is 4.79 Å². The third kappa shape index (κ3) is 5.59. The molecule has 0 amide bonds. The SMILES string of the molecule is CN=C(NCCCN1CCCCC1C)NCCCn1nc2n(c1=O)CCCC2. The number of guanidine groups is 1. The molecule has 1 aromatic heterocycles. The van der Waals surface area contributed by atoms with Gasteiger partial charge in [-0.15, -0.1) is 0 Å². The van der Waals surface area contributed by atoms with Gasteiger partial charge in [0.05, 0.1) is 0 Å². The molecule has 0 saturated carbocycles. The van der Waals surface area contributed by atoms with Crippen LogP contribution in [0.1, 0.15) is 57.7 Å². The summed E-state index contributed by atoms with van der Waals surface area (Å²) in [6.45, 7) is 7.90. The van der Waals surface area contributed by atoms with Crippen LogP contribution in [0.2, 0.25) is 0 Å². The van der Waals surface area contributed by atoms with E-state index in [2.05, 4.69) is 32.5 Å². The number of aliphatic imine (C=N–C) groups is 1. The van der Waals surface area contributed by atoms with Gasteiger partial charge in [-0.05, 0) is 52.0 Å². The fourth-order valence-electron chi connectivity index (χ4n) is 4.23. The Bertz CT molecular complexity index is 693. The molecule has 0 spiro atoms. The van der Waals surface area contributed by atoms with Crippen molar-refractivity contribution in [1.29, 1.82) is 0 Å². The summed E-state index contributed by atoms with van der Waals surface area (Å²) < 4.78 is 3.46. The molecule has 158 valence electrons. The van der Waals surface area contributed by atoms with E-state index in [0.29, 0.717) is 6.54 Å². The Kier molecular flexibility index (Phi) is 7.94. The normalized spacial score (nSPS) is 20.8. The number of aromatic nitrogens is 3. The largest absolute Gasteiger partial charge is 0.356 e. The molecule has 0 aromatic carbocycles. The van der Waals surface area contributed by atoms with E-state index in [1.807, 2.05) is 4.57 Å². The number of likely N-dealkylation sites (tertiary alicyclic amines) is 1. The minimum atomic E-state index is 0.0455. The Morgan fingerprint density at radius 1 is 1.11 bits per heavy atom. The average molecular weight is 392 g/mol. The maximum Gasteiger partial charge on any atom is 0.345 e. The highest BCUT2D eigenvalue weighted by Crippen LogP contribution is 2.16. The van der Waals surface area contributed by atoms with Crippen LogP contribution in [0.15, 0.2) is 9.79 Å². The summed E-state index contributed by atoms with van der Waals surface area (Å²) in [5.74, 6) is 1.79. The Labute approximate surface area is 168 Å². The summed E-state index contributed by atoms with van der Waals surface area (Å²) in [4.78, 5) is 19.2. The third-order valence-electron chi connectivity index (χ3n) is 5.95. The Balaban J connectivity index is 1.31. The van der Waals surface area contributed by atoms with Crippen molar-refractivity contribution in [1.82, 2.24) is 29.9 Å². The Hall–Kier alpha value is -1.83. The molecule has 1 atom stereocenters. The Morgan fingerprint density at radius 2 is 1.86 bits per heavy atom. The molecule has 2 aliphatic heterocycles. The van der Waals surface area contributed by atoms with Gasteiger partial charge in [0.1, 0.15) is 5.82 Å². The maximum atomic E-state index is 12.3. The zero-order valence-electron chi connectivity index (χ0n) is 17.6. The maximum absolute atomic E-state index is 12.3. The van der Waals surface area contributed by atoms with Crippen LogP contribution in [-0.4, -0.2) is 64.5 Å². The molecular weight excluding hydrogens is 354 g/mol. The van der Waals surface area contributed by atoms with E-state index < -0.39 is 0 Å². The highest BCUT2D eigenvalue weighted by molar-refractivity contribution is 5.79. The van der Waals surface area contributed by atoms with Crippen molar-refractivity contribution < 1.29 is 0 Å². The van der Waals surface area contributed by atoms with Crippen molar-refractivity contribution in [2.45, 2.75) is 77.4 Å². The van der Waals surface area contributed by atoms with Gasteiger partial charge < -0.3 is 15.5 Å². The van der Waals surface area contributed by atoms with Crippen LogP contribution in [-0.2, 0) is 19.5 Å². The number of nitrogens with one attached hydrogen (secondary N) is 2. The van der Waals surface area contributed by atoms with Gasteiger partial charge in [0.25, 0.3) is 0 Å². The van der Waals surface area contributed by atoms with E-state index in [4.69, 9.17) is 0 Å². The molecule has 3 rings (SSSR count). The lowest BCUT2D eigenvalue weighted by atomic mass is 10.0. The molecule has 1 fully saturated rings. The van der Waals surface area contributed by atoms with Crippen molar-refractivity contribution in [3.05, 3.63) is 16.3 Å². The van der Waals surface area contributed by atoms with Crippen LogP contribution in [0, 0.1) is 0 Å². The van der Waals surface area contributed by atoms with Crippen LogP contribution < -0.4 is 16.3 Å². The molecule has 2 N–H and O–H groups in total. The van der Waals surface area contributed by atoms with Gasteiger partial charge in [-0.2, -0.15) is 5.10 Å². The van der Waals surface area contributed by atoms with Gasteiger partial charge >= 0.3 is 5.69 Å². The second-order valence-corrected chi connectivity index (χ2v) is 8.04. The van der Waals surface area contributed by atoms with Crippen LogP contribution in [0.4, 0.5) is 0 Å². The molecule has 1 aromatic rings. The number of nitrogens with zero attached hydrogens (tertiary/aromatic N) is 5.